The summed E-state index contributed by atoms with van der Waals surface area (Å²) >= 11 is 11.8. The zero-order chi connectivity index (χ0) is 12.1. The largest absolute Gasteiger partial charge is 0.352 e. The third-order valence-electron chi connectivity index (χ3n) is 2.20. The molecule has 0 aromatic heterocycles. The fraction of sp³-hybridized carbons (Fsp3) is 0.417. The maximum Gasteiger partial charge on any atom is 0.252 e. The van der Waals surface area contributed by atoms with Crippen LogP contribution in [0.2, 0.25) is 5.02 Å². The van der Waals surface area contributed by atoms with Crippen LogP contribution >= 0.6 is 23.2 Å². The zero-order valence-electron chi connectivity index (χ0n) is 9.39. The first-order chi connectivity index (χ1) is 7.50. The van der Waals surface area contributed by atoms with E-state index in [2.05, 4.69) is 5.32 Å². The van der Waals surface area contributed by atoms with Crippen molar-refractivity contribution in [3.63, 3.8) is 0 Å². The Morgan fingerprint density at radius 3 is 2.75 bits per heavy atom. The predicted octanol–water partition coefficient (Wildman–Crippen LogP) is 3.40. The van der Waals surface area contributed by atoms with E-state index in [4.69, 9.17) is 23.2 Å². The average Bonchev–Trinajstić information content (AvgIpc) is 2.16. The number of aryl methyl sites for hydroxylation is 1. The van der Waals surface area contributed by atoms with E-state index in [1.54, 1.807) is 12.1 Å². The smallest absolute Gasteiger partial charge is 0.252 e. The summed E-state index contributed by atoms with van der Waals surface area (Å²) in [5.41, 5.74) is 1.55. The van der Waals surface area contributed by atoms with E-state index in [0.717, 1.165) is 12.0 Å². The molecule has 0 aliphatic heterocycles. The van der Waals surface area contributed by atoms with E-state index in [1.807, 2.05) is 19.9 Å². The van der Waals surface area contributed by atoms with E-state index in [0.29, 0.717) is 17.1 Å². The second-order valence-corrected chi connectivity index (χ2v) is 4.96. The lowest BCUT2D eigenvalue weighted by atomic mass is 10.1. The number of rotatable bonds is 4. The first-order valence-electron chi connectivity index (χ1n) is 5.19. The van der Waals surface area contributed by atoms with Crippen molar-refractivity contribution in [1.29, 1.82) is 0 Å². The van der Waals surface area contributed by atoms with Gasteiger partial charge in [0.05, 0.1) is 10.6 Å². The minimum Gasteiger partial charge on any atom is -0.352 e. The molecule has 1 amide bonds. The lowest BCUT2D eigenvalue weighted by molar-refractivity contribution is 0.0953. The number of benzene rings is 1. The standard InChI is InChI=1S/C12H15Cl2NO/c1-8-3-4-10(11(14)7-8)12(16)15-6-5-9(2)13/h3-4,7,9H,5-6H2,1-2H3,(H,15,16). The van der Waals surface area contributed by atoms with E-state index >= 15 is 0 Å². The predicted molar refractivity (Wildman–Crippen MR) is 68.5 cm³/mol. The summed E-state index contributed by atoms with van der Waals surface area (Å²) < 4.78 is 0. The van der Waals surface area contributed by atoms with Gasteiger partial charge in [0.2, 0.25) is 0 Å². The molecule has 0 heterocycles. The van der Waals surface area contributed by atoms with Gasteiger partial charge in [-0.05, 0) is 38.0 Å². The monoisotopic (exact) mass is 259 g/mol. The van der Waals surface area contributed by atoms with Crippen LogP contribution in [0, 0.1) is 6.92 Å². The number of nitrogens with one attached hydrogen (secondary N) is 1. The van der Waals surface area contributed by atoms with Crippen molar-refractivity contribution in [1.82, 2.24) is 5.32 Å². The van der Waals surface area contributed by atoms with Gasteiger partial charge in [0.15, 0.2) is 0 Å². The van der Waals surface area contributed by atoms with Crippen LogP contribution in [-0.4, -0.2) is 17.8 Å². The van der Waals surface area contributed by atoms with E-state index in [1.165, 1.54) is 0 Å². The quantitative estimate of drug-likeness (QED) is 0.826. The van der Waals surface area contributed by atoms with Gasteiger partial charge in [-0.15, -0.1) is 11.6 Å². The molecule has 4 heteroatoms. The molecule has 1 N–H and O–H groups in total. The van der Waals surface area contributed by atoms with Crippen LogP contribution in [0.1, 0.15) is 29.3 Å². The summed E-state index contributed by atoms with van der Waals surface area (Å²) in [7, 11) is 0. The average molecular weight is 260 g/mol. The summed E-state index contributed by atoms with van der Waals surface area (Å²) in [6, 6.07) is 5.38. The fourth-order valence-electron chi connectivity index (χ4n) is 1.28. The molecular formula is C12H15Cl2NO. The summed E-state index contributed by atoms with van der Waals surface area (Å²) in [6.07, 6.45) is 0.747. The van der Waals surface area contributed by atoms with Gasteiger partial charge in [0.1, 0.15) is 0 Å². The second-order valence-electron chi connectivity index (χ2n) is 3.81. The van der Waals surface area contributed by atoms with Crippen molar-refractivity contribution < 1.29 is 4.79 Å². The lowest BCUT2D eigenvalue weighted by Crippen LogP contribution is -2.26. The van der Waals surface area contributed by atoms with Crippen LogP contribution in [-0.2, 0) is 0 Å². The van der Waals surface area contributed by atoms with Gasteiger partial charge in [-0.2, -0.15) is 0 Å². The molecule has 0 spiro atoms. The minimum atomic E-state index is -0.151. The molecule has 0 aliphatic carbocycles. The second kappa shape index (κ2) is 6.12. The Balaban J connectivity index is 2.59. The Labute approximate surface area is 106 Å². The fourth-order valence-corrected chi connectivity index (χ4v) is 1.71. The Kier molecular flexibility index (Phi) is 5.10. The molecule has 1 unspecified atom stereocenters. The van der Waals surface area contributed by atoms with Gasteiger partial charge >= 0.3 is 0 Å². The van der Waals surface area contributed by atoms with Crippen LogP contribution in [0.15, 0.2) is 18.2 Å². The molecule has 1 aromatic carbocycles. The van der Waals surface area contributed by atoms with Gasteiger partial charge in [-0.3, -0.25) is 4.79 Å². The van der Waals surface area contributed by atoms with Crippen molar-refractivity contribution in [2.45, 2.75) is 25.6 Å². The summed E-state index contributed by atoms with van der Waals surface area (Å²) in [4.78, 5) is 11.7. The molecular weight excluding hydrogens is 245 g/mol. The zero-order valence-corrected chi connectivity index (χ0v) is 10.9. The maximum atomic E-state index is 11.7. The highest BCUT2D eigenvalue weighted by molar-refractivity contribution is 6.33. The molecule has 0 saturated carbocycles. The van der Waals surface area contributed by atoms with Gasteiger partial charge < -0.3 is 5.32 Å². The third kappa shape index (κ3) is 4.03. The van der Waals surface area contributed by atoms with Crippen LogP contribution < -0.4 is 5.32 Å². The maximum absolute atomic E-state index is 11.7. The van der Waals surface area contributed by atoms with Crippen molar-refractivity contribution in [2.75, 3.05) is 6.54 Å². The Bertz CT molecular complexity index is 377. The van der Waals surface area contributed by atoms with Crippen molar-refractivity contribution in [3.05, 3.63) is 34.3 Å². The van der Waals surface area contributed by atoms with E-state index < -0.39 is 0 Å². The molecule has 1 rings (SSSR count). The molecule has 2 nitrogen and oxygen atoms in total. The first-order valence-corrected chi connectivity index (χ1v) is 6.00. The normalized spacial score (nSPS) is 12.2. The summed E-state index contributed by atoms with van der Waals surface area (Å²) in [5, 5.41) is 3.33. The van der Waals surface area contributed by atoms with E-state index in [9.17, 15) is 4.79 Å². The van der Waals surface area contributed by atoms with Gasteiger partial charge in [0.25, 0.3) is 5.91 Å². The summed E-state index contributed by atoms with van der Waals surface area (Å²) in [5.74, 6) is -0.151. The number of hydrogen-bond acceptors (Lipinski definition) is 1. The van der Waals surface area contributed by atoms with Gasteiger partial charge in [-0.1, -0.05) is 17.7 Å². The Morgan fingerprint density at radius 1 is 1.50 bits per heavy atom. The number of alkyl halides is 1. The molecule has 88 valence electrons. The first kappa shape index (κ1) is 13.3. The van der Waals surface area contributed by atoms with Crippen LogP contribution in [0.4, 0.5) is 0 Å². The lowest BCUT2D eigenvalue weighted by Gasteiger charge is -2.08. The number of hydrogen-bond donors (Lipinski definition) is 1. The van der Waals surface area contributed by atoms with Gasteiger partial charge in [0, 0.05) is 11.9 Å². The van der Waals surface area contributed by atoms with Gasteiger partial charge in [-0.25, -0.2) is 0 Å². The highest BCUT2D eigenvalue weighted by Crippen LogP contribution is 2.17. The minimum absolute atomic E-state index is 0.0637. The molecule has 16 heavy (non-hydrogen) atoms. The number of carbonyl (C=O) groups is 1. The molecule has 1 atom stereocenters. The topological polar surface area (TPSA) is 29.1 Å². The molecule has 0 radical (unpaired) electrons. The number of amides is 1. The van der Waals surface area contributed by atoms with Crippen molar-refractivity contribution in [3.8, 4) is 0 Å². The van der Waals surface area contributed by atoms with Crippen molar-refractivity contribution in [2.24, 2.45) is 0 Å². The van der Waals surface area contributed by atoms with Crippen LogP contribution in [0.5, 0.6) is 0 Å². The summed E-state index contributed by atoms with van der Waals surface area (Å²) in [6.45, 7) is 4.39. The Morgan fingerprint density at radius 2 is 2.19 bits per heavy atom. The van der Waals surface area contributed by atoms with E-state index in [-0.39, 0.29) is 11.3 Å². The van der Waals surface area contributed by atoms with Crippen LogP contribution in [0.3, 0.4) is 0 Å². The van der Waals surface area contributed by atoms with Crippen molar-refractivity contribution >= 4 is 29.1 Å². The van der Waals surface area contributed by atoms with Crippen LogP contribution in [0.25, 0.3) is 0 Å². The molecule has 0 saturated heterocycles. The SMILES string of the molecule is Cc1ccc(C(=O)NCCC(C)Cl)c(Cl)c1. The third-order valence-corrected chi connectivity index (χ3v) is 2.73. The molecule has 0 fully saturated rings. The number of carbonyl (C=O) groups excluding carboxylic acids is 1. The highest BCUT2D eigenvalue weighted by atomic mass is 35.5. The number of halogens is 2. The molecule has 0 bridgehead atoms. The highest BCUT2D eigenvalue weighted by Gasteiger charge is 2.09. The molecule has 1 aromatic rings. The Hall–Kier alpha value is -0.730. The molecule has 0 aliphatic rings.